The van der Waals surface area contributed by atoms with Crippen molar-refractivity contribution in [2.45, 2.75) is 6.54 Å². The third-order valence-electron chi connectivity index (χ3n) is 4.45. The summed E-state index contributed by atoms with van der Waals surface area (Å²) in [5.74, 6) is 2.25. The molecule has 3 aromatic rings. The predicted octanol–water partition coefficient (Wildman–Crippen LogP) is 2.04. The van der Waals surface area contributed by atoms with Gasteiger partial charge in [0.25, 0.3) is 5.91 Å². The summed E-state index contributed by atoms with van der Waals surface area (Å²) in [6, 6.07) is 11.2. The summed E-state index contributed by atoms with van der Waals surface area (Å²) >= 11 is 0. The Morgan fingerprint density at radius 1 is 1.07 bits per heavy atom. The second kappa shape index (κ2) is 7.86. The fourth-order valence-corrected chi connectivity index (χ4v) is 3.00. The molecule has 1 aliphatic heterocycles. The first-order valence-electron chi connectivity index (χ1n) is 8.83. The van der Waals surface area contributed by atoms with Gasteiger partial charge in [-0.25, -0.2) is 15.0 Å². The summed E-state index contributed by atoms with van der Waals surface area (Å²) in [6.07, 6.45) is 4.81. The van der Waals surface area contributed by atoms with Crippen LogP contribution in [0.2, 0.25) is 0 Å². The molecule has 1 aliphatic rings. The summed E-state index contributed by atoms with van der Waals surface area (Å²) < 4.78 is 5.28. The standard InChI is InChI=1S/C19H20N6O2/c26-19(25-9-7-24(8-10-25)18-5-1-2-6-20-18)16-12-17(23-14-22-16)21-13-15-4-3-11-27-15/h1-6,11-12,14H,7-10,13H2,(H,21,22,23). The van der Waals surface area contributed by atoms with Crippen molar-refractivity contribution < 1.29 is 9.21 Å². The number of nitrogens with zero attached hydrogens (tertiary/aromatic N) is 5. The minimum absolute atomic E-state index is 0.0841. The number of anilines is 2. The van der Waals surface area contributed by atoms with Gasteiger partial charge in [0.2, 0.25) is 0 Å². The molecule has 1 saturated heterocycles. The number of nitrogens with one attached hydrogen (secondary N) is 1. The molecule has 0 saturated carbocycles. The van der Waals surface area contributed by atoms with Gasteiger partial charge in [0, 0.05) is 38.4 Å². The molecule has 138 valence electrons. The van der Waals surface area contributed by atoms with Gasteiger partial charge in [0.15, 0.2) is 0 Å². The Morgan fingerprint density at radius 2 is 1.96 bits per heavy atom. The van der Waals surface area contributed by atoms with Gasteiger partial charge in [-0.1, -0.05) is 6.07 Å². The SMILES string of the molecule is O=C(c1cc(NCc2ccco2)ncn1)N1CCN(c2ccccn2)CC1. The van der Waals surface area contributed by atoms with Gasteiger partial charge in [0.1, 0.15) is 29.4 Å². The van der Waals surface area contributed by atoms with Gasteiger partial charge in [-0.3, -0.25) is 4.79 Å². The van der Waals surface area contributed by atoms with Crippen LogP contribution in [0.3, 0.4) is 0 Å². The fraction of sp³-hybridized carbons (Fsp3) is 0.263. The van der Waals surface area contributed by atoms with E-state index in [9.17, 15) is 4.79 Å². The van der Waals surface area contributed by atoms with Gasteiger partial charge >= 0.3 is 0 Å². The molecular formula is C19H20N6O2. The van der Waals surface area contributed by atoms with Gasteiger partial charge in [-0.2, -0.15) is 0 Å². The van der Waals surface area contributed by atoms with E-state index in [1.54, 1.807) is 18.5 Å². The highest BCUT2D eigenvalue weighted by atomic mass is 16.3. The zero-order valence-corrected chi connectivity index (χ0v) is 14.8. The van der Waals surface area contributed by atoms with Crippen LogP contribution in [0.4, 0.5) is 11.6 Å². The van der Waals surface area contributed by atoms with Crippen LogP contribution in [0, 0.1) is 0 Å². The molecule has 0 bridgehead atoms. The van der Waals surface area contributed by atoms with Crippen LogP contribution < -0.4 is 10.2 Å². The molecule has 0 aromatic carbocycles. The zero-order chi connectivity index (χ0) is 18.5. The van der Waals surface area contributed by atoms with E-state index < -0.39 is 0 Å². The molecule has 0 aliphatic carbocycles. The van der Waals surface area contributed by atoms with E-state index in [4.69, 9.17) is 4.42 Å². The minimum Gasteiger partial charge on any atom is -0.467 e. The predicted molar refractivity (Wildman–Crippen MR) is 100 cm³/mol. The minimum atomic E-state index is -0.0841. The average molecular weight is 364 g/mol. The summed E-state index contributed by atoms with van der Waals surface area (Å²) in [5, 5.41) is 3.14. The number of aromatic nitrogens is 3. The Morgan fingerprint density at radius 3 is 2.70 bits per heavy atom. The van der Waals surface area contributed by atoms with Crippen LogP contribution in [-0.2, 0) is 6.54 Å². The van der Waals surface area contributed by atoms with Crippen LogP contribution in [0.15, 0.2) is 59.6 Å². The number of rotatable bonds is 5. The number of amides is 1. The first kappa shape index (κ1) is 17.0. The highest BCUT2D eigenvalue weighted by Gasteiger charge is 2.23. The summed E-state index contributed by atoms with van der Waals surface area (Å²) in [5.41, 5.74) is 0.387. The van der Waals surface area contributed by atoms with Crippen molar-refractivity contribution in [3.63, 3.8) is 0 Å². The van der Waals surface area contributed by atoms with Crippen molar-refractivity contribution in [2.24, 2.45) is 0 Å². The number of furan rings is 1. The molecule has 8 nitrogen and oxygen atoms in total. The molecule has 1 fully saturated rings. The molecule has 4 rings (SSSR count). The lowest BCUT2D eigenvalue weighted by Gasteiger charge is -2.35. The molecule has 27 heavy (non-hydrogen) atoms. The van der Waals surface area contributed by atoms with E-state index in [1.165, 1.54) is 6.33 Å². The van der Waals surface area contributed by atoms with Crippen molar-refractivity contribution >= 4 is 17.5 Å². The van der Waals surface area contributed by atoms with Crippen molar-refractivity contribution in [1.29, 1.82) is 0 Å². The molecule has 3 aromatic heterocycles. The van der Waals surface area contributed by atoms with E-state index in [0.717, 1.165) is 24.7 Å². The van der Waals surface area contributed by atoms with Crippen LogP contribution in [0.5, 0.6) is 0 Å². The summed E-state index contributed by atoms with van der Waals surface area (Å²) in [7, 11) is 0. The van der Waals surface area contributed by atoms with E-state index in [2.05, 4.69) is 25.2 Å². The maximum Gasteiger partial charge on any atom is 0.272 e. The smallest absolute Gasteiger partial charge is 0.272 e. The second-order valence-corrected chi connectivity index (χ2v) is 6.19. The number of carbonyl (C=O) groups excluding carboxylic acids is 1. The van der Waals surface area contributed by atoms with Gasteiger partial charge in [0.05, 0.1) is 12.8 Å². The molecule has 0 unspecified atom stereocenters. The normalized spacial score (nSPS) is 14.2. The Bertz CT molecular complexity index is 876. The van der Waals surface area contributed by atoms with Crippen LogP contribution in [0.1, 0.15) is 16.2 Å². The third kappa shape index (κ3) is 4.05. The number of hydrogen-bond donors (Lipinski definition) is 1. The van der Waals surface area contributed by atoms with E-state index in [-0.39, 0.29) is 5.91 Å². The Labute approximate surface area is 156 Å². The Balaban J connectivity index is 1.36. The van der Waals surface area contributed by atoms with Crippen LogP contribution in [-0.4, -0.2) is 51.9 Å². The van der Waals surface area contributed by atoms with Crippen molar-refractivity contribution in [1.82, 2.24) is 19.9 Å². The van der Waals surface area contributed by atoms with Crippen molar-refractivity contribution in [3.05, 3.63) is 66.6 Å². The van der Waals surface area contributed by atoms with Gasteiger partial charge in [-0.05, 0) is 24.3 Å². The summed E-state index contributed by atoms with van der Waals surface area (Å²) in [4.78, 5) is 29.5. The molecule has 0 radical (unpaired) electrons. The molecule has 1 N–H and O–H groups in total. The van der Waals surface area contributed by atoms with Gasteiger partial charge < -0.3 is 19.5 Å². The summed E-state index contributed by atoms with van der Waals surface area (Å²) in [6.45, 7) is 3.26. The van der Waals surface area contributed by atoms with E-state index >= 15 is 0 Å². The molecular weight excluding hydrogens is 344 g/mol. The zero-order valence-electron chi connectivity index (χ0n) is 14.8. The molecule has 8 heteroatoms. The van der Waals surface area contributed by atoms with Crippen LogP contribution >= 0.6 is 0 Å². The molecule has 0 atom stereocenters. The maximum absolute atomic E-state index is 12.8. The molecule has 1 amide bonds. The number of hydrogen-bond acceptors (Lipinski definition) is 7. The lowest BCUT2D eigenvalue weighted by Crippen LogP contribution is -2.49. The second-order valence-electron chi connectivity index (χ2n) is 6.19. The van der Waals surface area contributed by atoms with E-state index in [1.807, 2.05) is 35.2 Å². The lowest BCUT2D eigenvalue weighted by atomic mass is 10.2. The maximum atomic E-state index is 12.8. The number of carbonyl (C=O) groups is 1. The largest absolute Gasteiger partial charge is 0.467 e. The highest BCUT2D eigenvalue weighted by Crippen LogP contribution is 2.15. The third-order valence-corrected chi connectivity index (χ3v) is 4.45. The van der Waals surface area contributed by atoms with Gasteiger partial charge in [-0.15, -0.1) is 0 Å². The first-order valence-corrected chi connectivity index (χ1v) is 8.83. The fourth-order valence-electron chi connectivity index (χ4n) is 3.00. The number of piperazine rings is 1. The number of pyridine rings is 1. The van der Waals surface area contributed by atoms with Crippen LogP contribution in [0.25, 0.3) is 0 Å². The first-order chi connectivity index (χ1) is 13.3. The Hall–Kier alpha value is -3.42. The monoisotopic (exact) mass is 364 g/mol. The van der Waals surface area contributed by atoms with Crippen molar-refractivity contribution in [2.75, 3.05) is 36.4 Å². The molecule has 4 heterocycles. The van der Waals surface area contributed by atoms with E-state index in [0.29, 0.717) is 31.1 Å². The lowest BCUT2D eigenvalue weighted by molar-refractivity contribution is 0.0740. The quantitative estimate of drug-likeness (QED) is 0.741. The topological polar surface area (TPSA) is 87.4 Å². The average Bonchev–Trinajstić information content (AvgIpc) is 3.26. The Kier molecular flexibility index (Phi) is 4.95. The highest BCUT2D eigenvalue weighted by molar-refractivity contribution is 5.93. The van der Waals surface area contributed by atoms with Crippen molar-refractivity contribution in [3.8, 4) is 0 Å². The molecule has 0 spiro atoms.